The summed E-state index contributed by atoms with van der Waals surface area (Å²) in [4.78, 5) is 0. The summed E-state index contributed by atoms with van der Waals surface area (Å²) < 4.78 is 0. The summed E-state index contributed by atoms with van der Waals surface area (Å²) in [5, 5.41) is 12.7. The average molecular weight is 783 g/mol. The van der Waals surface area contributed by atoms with Crippen LogP contribution in [0.5, 0.6) is 0 Å². The smallest absolute Gasteiger partial charge is 0.000741 e. The molecule has 0 nitrogen and oxygen atoms in total. The van der Waals surface area contributed by atoms with Gasteiger partial charge >= 0.3 is 0 Å². The Hall–Kier alpha value is -8.06. The third kappa shape index (κ3) is 5.08. The largest absolute Gasteiger partial charge is 0.0622 e. The summed E-state index contributed by atoms with van der Waals surface area (Å²) >= 11 is 0. The fourth-order valence-corrected chi connectivity index (χ4v) is 10.9. The minimum absolute atomic E-state index is 1.21. The van der Waals surface area contributed by atoms with Gasteiger partial charge in [0.1, 0.15) is 0 Å². The molecule has 12 aromatic carbocycles. The van der Waals surface area contributed by atoms with Crippen LogP contribution in [0.15, 0.2) is 231 Å². The fraction of sp³-hybridized carbons (Fsp3) is 0. The zero-order chi connectivity index (χ0) is 40.7. The van der Waals surface area contributed by atoms with E-state index in [1.54, 1.807) is 0 Å². The van der Waals surface area contributed by atoms with Gasteiger partial charge in [-0.2, -0.15) is 0 Å². The summed E-state index contributed by atoms with van der Waals surface area (Å²) in [6.07, 6.45) is 0. The van der Waals surface area contributed by atoms with Crippen molar-refractivity contribution in [2.24, 2.45) is 0 Å². The molecule has 286 valence electrons. The molecule has 0 fully saturated rings. The molecule has 0 unspecified atom stereocenters. The molecule has 0 atom stereocenters. The molecule has 0 heteroatoms. The SMILES string of the molecule is c1ccc(-c2c3c(c(-c4ccccc4)c4cc(-c5ccc(-c6c7ccccc7c(-c7ccccc7)c7ccccc67)c6ccccc56)ccc24)-c2cccc4cccc-3c24)cc1. The maximum absolute atomic E-state index is 2.48. The van der Waals surface area contributed by atoms with E-state index in [9.17, 15) is 0 Å². The average Bonchev–Trinajstić information content (AvgIpc) is 3.67. The van der Waals surface area contributed by atoms with Gasteiger partial charge in [-0.25, -0.2) is 0 Å². The van der Waals surface area contributed by atoms with Crippen molar-refractivity contribution in [3.8, 4) is 77.9 Å². The number of benzene rings is 12. The van der Waals surface area contributed by atoms with Crippen LogP contribution in [0, 0.1) is 0 Å². The second-order valence-corrected chi connectivity index (χ2v) is 16.6. The first-order chi connectivity index (χ1) is 30.8. The molecule has 0 heterocycles. The molecule has 0 radical (unpaired) electrons. The first-order valence-electron chi connectivity index (χ1n) is 21.6. The van der Waals surface area contributed by atoms with Crippen molar-refractivity contribution in [2.75, 3.05) is 0 Å². The third-order valence-electron chi connectivity index (χ3n) is 13.4. The predicted octanol–water partition coefficient (Wildman–Crippen LogP) is 17.4. The zero-order valence-corrected chi connectivity index (χ0v) is 33.9. The van der Waals surface area contributed by atoms with Crippen LogP contribution in [0.1, 0.15) is 0 Å². The van der Waals surface area contributed by atoms with Crippen LogP contribution in [0.4, 0.5) is 0 Å². The molecule has 0 saturated heterocycles. The van der Waals surface area contributed by atoms with E-state index in [1.165, 1.54) is 132 Å². The number of hydrogen-bond acceptors (Lipinski definition) is 0. The van der Waals surface area contributed by atoms with Crippen LogP contribution >= 0.6 is 0 Å². The molecule has 0 saturated carbocycles. The molecular weight excluding hydrogens is 745 g/mol. The highest BCUT2D eigenvalue weighted by molar-refractivity contribution is 6.28. The molecule has 1 aliphatic carbocycles. The van der Waals surface area contributed by atoms with Gasteiger partial charge in [0.25, 0.3) is 0 Å². The highest BCUT2D eigenvalue weighted by Gasteiger charge is 2.31. The van der Waals surface area contributed by atoms with Gasteiger partial charge in [0, 0.05) is 0 Å². The second kappa shape index (κ2) is 13.7. The van der Waals surface area contributed by atoms with Gasteiger partial charge in [-0.15, -0.1) is 0 Å². The summed E-state index contributed by atoms with van der Waals surface area (Å²) in [7, 11) is 0. The standard InChI is InChI=1S/C62H38/c1-4-18-39(19-5-1)56-47-28-12-14-30-49(47)60(50-31-15-13-29-48(50)56)51-37-36-44(45-26-10-11-27-46(45)51)43-34-35-52-55(38-43)59(42-22-8-3-9-23-42)62-54-33-17-25-40-24-16-32-53(57(40)54)61(62)58(52)41-20-6-2-7-21-41/h1-38H. The molecule has 0 aliphatic heterocycles. The van der Waals surface area contributed by atoms with Crippen LogP contribution in [-0.2, 0) is 0 Å². The van der Waals surface area contributed by atoms with E-state index in [1.807, 2.05) is 0 Å². The fourth-order valence-electron chi connectivity index (χ4n) is 10.9. The van der Waals surface area contributed by atoms with Crippen molar-refractivity contribution in [2.45, 2.75) is 0 Å². The van der Waals surface area contributed by atoms with Crippen molar-refractivity contribution < 1.29 is 0 Å². The van der Waals surface area contributed by atoms with Crippen molar-refractivity contribution in [1.29, 1.82) is 0 Å². The van der Waals surface area contributed by atoms with E-state index in [4.69, 9.17) is 0 Å². The lowest BCUT2D eigenvalue weighted by Gasteiger charge is -2.22. The van der Waals surface area contributed by atoms with Gasteiger partial charge in [0.05, 0.1) is 0 Å². The second-order valence-electron chi connectivity index (χ2n) is 16.6. The van der Waals surface area contributed by atoms with Crippen LogP contribution in [0.25, 0.3) is 132 Å². The maximum Gasteiger partial charge on any atom is -0.000741 e. The number of rotatable bonds is 5. The number of fused-ring (bicyclic) bond motifs is 7. The maximum atomic E-state index is 2.48. The summed E-state index contributed by atoms with van der Waals surface area (Å²) in [5.41, 5.74) is 17.8. The molecule has 0 bridgehead atoms. The van der Waals surface area contributed by atoms with E-state index in [-0.39, 0.29) is 0 Å². The Morgan fingerprint density at radius 1 is 0.177 bits per heavy atom. The Balaban J connectivity index is 1.10. The van der Waals surface area contributed by atoms with E-state index in [0.29, 0.717) is 0 Å². The minimum atomic E-state index is 1.21. The summed E-state index contributed by atoms with van der Waals surface area (Å²) in [6, 6.07) is 85.5. The van der Waals surface area contributed by atoms with Gasteiger partial charge in [-0.1, -0.05) is 224 Å². The Bertz CT molecular complexity index is 3700. The van der Waals surface area contributed by atoms with Crippen molar-refractivity contribution in [3.63, 3.8) is 0 Å². The normalized spacial score (nSPS) is 11.9. The Labute approximate surface area is 360 Å². The lowest BCUT2D eigenvalue weighted by atomic mass is 9.81. The molecule has 12 aromatic rings. The Kier molecular flexibility index (Phi) is 7.71. The Morgan fingerprint density at radius 3 is 1.11 bits per heavy atom. The van der Waals surface area contributed by atoms with E-state index >= 15 is 0 Å². The van der Waals surface area contributed by atoms with E-state index in [2.05, 4.69) is 231 Å². The first-order valence-corrected chi connectivity index (χ1v) is 21.6. The highest BCUT2D eigenvalue weighted by Crippen LogP contribution is 2.58. The van der Waals surface area contributed by atoms with Crippen LogP contribution < -0.4 is 0 Å². The van der Waals surface area contributed by atoms with Gasteiger partial charge in [-0.05, 0) is 138 Å². The molecule has 0 amide bonds. The van der Waals surface area contributed by atoms with Gasteiger partial charge in [-0.3, -0.25) is 0 Å². The Morgan fingerprint density at radius 2 is 0.581 bits per heavy atom. The molecule has 0 spiro atoms. The predicted molar refractivity (Wildman–Crippen MR) is 266 cm³/mol. The van der Waals surface area contributed by atoms with Gasteiger partial charge in [0.15, 0.2) is 0 Å². The van der Waals surface area contributed by atoms with E-state index in [0.717, 1.165) is 0 Å². The number of hydrogen-bond donors (Lipinski definition) is 0. The first kappa shape index (κ1) is 34.8. The minimum Gasteiger partial charge on any atom is -0.0622 e. The summed E-state index contributed by atoms with van der Waals surface area (Å²) in [6.45, 7) is 0. The molecular formula is C62H38. The topological polar surface area (TPSA) is 0 Å². The van der Waals surface area contributed by atoms with Crippen molar-refractivity contribution in [1.82, 2.24) is 0 Å². The van der Waals surface area contributed by atoms with Crippen molar-refractivity contribution >= 4 is 53.9 Å². The molecule has 13 rings (SSSR count). The van der Waals surface area contributed by atoms with Crippen LogP contribution in [-0.4, -0.2) is 0 Å². The molecule has 0 aromatic heterocycles. The lowest BCUT2D eigenvalue weighted by molar-refractivity contribution is 1.61. The molecule has 1 aliphatic rings. The molecule has 62 heavy (non-hydrogen) atoms. The van der Waals surface area contributed by atoms with Gasteiger partial charge < -0.3 is 0 Å². The van der Waals surface area contributed by atoms with E-state index < -0.39 is 0 Å². The summed E-state index contributed by atoms with van der Waals surface area (Å²) in [5.74, 6) is 0. The third-order valence-corrected chi connectivity index (χ3v) is 13.4. The van der Waals surface area contributed by atoms with Crippen LogP contribution in [0.3, 0.4) is 0 Å². The van der Waals surface area contributed by atoms with Crippen molar-refractivity contribution in [3.05, 3.63) is 231 Å². The zero-order valence-electron chi connectivity index (χ0n) is 33.9. The lowest BCUT2D eigenvalue weighted by Crippen LogP contribution is -1.95. The highest BCUT2D eigenvalue weighted by atomic mass is 14.3. The monoisotopic (exact) mass is 782 g/mol. The quantitative estimate of drug-likeness (QED) is 0.153. The van der Waals surface area contributed by atoms with Crippen LogP contribution in [0.2, 0.25) is 0 Å². The van der Waals surface area contributed by atoms with Gasteiger partial charge in [0.2, 0.25) is 0 Å². The molecule has 0 N–H and O–H groups in total.